The molecule has 0 radical (unpaired) electrons. The summed E-state index contributed by atoms with van der Waals surface area (Å²) in [4.78, 5) is 18.4. The molecule has 0 bridgehead atoms. The summed E-state index contributed by atoms with van der Waals surface area (Å²) in [5.74, 6) is -1.67. The van der Waals surface area contributed by atoms with Gasteiger partial charge in [-0.05, 0) is 31.0 Å². The fraction of sp³-hybridized carbons (Fsp3) is 0.154. The Labute approximate surface area is 121 Å². The lowest BCUT2D eigenvalue weighted by atomic mass is 10.2. The van der Waals surface area contributed by atoms with E-state index in [1.807, 2.05) is 0 Å². The number of anilines is 1. The van der Waals surface area contributed by atoms with Crippen LogP contribution in [-0.4, -0.2) is 29.5 Å². The van der Waals surface area contributed by atoms with Crippen molar-refractivity contribution in [3.63, 3.8) is 0 Å². The fourth-order valence-corrected chi connectivity index (χ4v) is 3.10. The minimum atomic E-state index is -3.94. The Balaban J connectivity index is 2.48. The third kappa shape index (κ3) is 3.16. The van der Waals surface area contributed by atoms with E-state index >= 15 is 0 Å². The normalized spacial score (nSPS) is 11.1. The van der Waals surface area contributed by atoms with Crippen molar-refractivity contribution < 1.29 is 18.3 Å². The Morgan fingerprint density at radius 3 is 2.52 bits per heavy atom. The Bertz CT molecular complexity index is 803. The van der Waals surface area contributed by atoms with Crippen molar-refractivity contribution in [2.45, 2.75) is 18.7 Å². The molecule has 0 saturated carbocycles. The smallest absolute Gasteiger partial charge is 0.358 e. The average molecular weight is 307 g/mol. The topological polar surface area (TPSA) is 109 Å². The Morgan fingerprint density at radius 1 is 1.19 bits per heavy atom. The van der Waals surface area contributed by atoms with Crippen LogP contribution in [-0.2, 0) is 10.0 Å². The van der Waals surface area contributed by atoms with Crippen LogP contribution in [0.3, 0.4) is 0 Å². The molecular formula is C13H13N3O4S. The van der Waals surface area contributed by atoms with Crippen LogP contribution in [0.2, 0.25) is 0 Å². The third-order valence-electron chi connectivity index (χ3n) is 2.77. The van der Waals surface area contributed by atoms with E-state index in [0.29, 0.717) is 5.56 Å². The monoisotopic (exact) mass is 307 g/mol. The van der Waals surface area contributed by atoms with Gasteiger partial charge in [0.05, 0.1) is 4.90 Å². The lowest BCUT2D eigenvalue weighted by Gasteiger charge is -2.11. The summed E-state index contributed by atoms with van der Waals surface area (Å²) in [6.45, 7) is 3.42. The lowest BCUT2D eigenvalue weighted by molar-refractivity contribution is 0.0691. The molecule has 110 valence electrons. The van der Waals surface area contributed by atoms with Crippen LogP contribution in [0.15, 0.2) is 35.5 Å². The molecule has 8 heteroatoms. The number of carboxylic acid groups (broad SMARTS) is 1. The van der Waals surface area contributed by atoms with Crippen LogP contribution in [0.4, 0.5) is 5.82 Å². The standard InChI is InChI=1S/C13H13N3O4S/c1-8-3-4-9(2)10(7-8)21(19,20)16-12-11(13(17)18)14-5-6-15-12/h3-7H,1-2H3,(H,15,16)(H,17,18). The first-order valence-corrected chi connectivity index (χ1v) is 7.44. The highest BCUT2D eigenvalue weighted by Gasteiger charge is 2.22. The molecule has 0 amide bonds. The van der Waals surface area contributed by atoms with E-state index in [-0.39, 0.29) is 10.7 Å². The van der Waals surface area contributed by atoms with Crippen LogP contribution < -0.4 is 4.72 Å². The molecule has 7 nitrogen and oxygen atoms in total. The van der Waals surface area contributed by atoms with E-state index < -0.39 is 21.7 Å². The molecule has 1 aromatic heterocycles. The van der Waals surface area contributed by atoms with E-state index in [2.05, 4.69) is 14.7 Å². The molecule has 0 unspecified atom stereocenters. The number of hydrogen-bond acceptors (Lipinski definition) is 5. The van der Waals surface area contributed by atoms with Crippen LogP contribution in [0.25, 0.3) is 0 Å². The number of nitrogens with zero attached hydrogens (tertiary/aromatic N) is 2. The highest BCUT2D eigenvalue weighted by Crippen LogP contribution is 2.20. The number of sulfonamides is 1. The molecule has 0 aliphatic heterocycles. The molecule has 0 atom stereocenters. The molecule has 2 aromatic rings. The van der Waals surface area contributed by atoms with E-state index in [1.165, 1.54) is 18.5 Å². The van der Waals surface area contributed by atoms with Crippen molar-refractivity contribution >= 4 is 21.8 Å². The van der Waals surface area contributed by atoms with Gasteiger partial charge in [-0.1, -0.05) is 12.1 Å². The lowest BCUT2D eigenvalue weighted by Crippen LogP contribution is -2.18. The van der Waals surface area contributed by atoms with Gasteiger partial charge in [0.25, 0.3) is 10.0 Å². The zero-order valence-electron chi connectivity index (χ0n) is 11.4. The number of nitrogens with one attached hydrogen (secondary N) is 1. The van der Waals surface area contributed by atoms with Gasteiger partial charge >= 0.3 is 5.97 Å². The zero-order valence-corrected chi connectivity index (χ0v) is 12.2. The van der Waals surface area contributed by atoms with Gasteiger partial charge in [-0.2, -0.15) is 0 Å². The molecular weight excluding hydrogens is 294 g/mol. The Morgan fingerprint density at radius 2 is 1.86 bits per heavy atom. The van der Waals surface area contributed by atoms with Crippen molar-refractivity contribution in [2.24, 2.45) is 0 Å². The summed E-state index contributed by atoms with van der Waals surface area (Å²) in [7, 11) is -3.94. The first-order chi connectivity index (χ1) is 9.81. The summed E-state index contributed by atoms with van der Waals surface area (Å²) in [6.07, 6.45) is 2.40. The maximum absolute atomic E-state index is 12.4. The van der Waals surface area contributed by atoms with Gasteiger partial charge < -0.3 is 5.11 Å². The van der Waals surface area contributed by atoms with Gasteiger partial charge in [-0.3, -0.25) is 4.72 Å². The molecule has 0 fully saturated rings. The highest BCUT2D eigenvalue weighted by atomic mass is 32.2. The Kier molecular flexibility index (Phi) is 3.90. The quantitative estimate of drug-likeness (QED) is 0.887. The molecule has 21 heavy (non-hydrogen) atoms. The van der Waals surface area contributed by atoms with Crippen molar-refractivity contribution in [2.75, 3.05) is 4.72 Å². The predicted molar refractivity (Wildman–Crippen MR) is 75.7 cm³/mol. The Hall–Kier alpha value is -2.48. The van der Waals surface area contributed by atoms with Gasteiger partial charge in [0.1, 0.15) is 0 Å². The first-order valence-electron chi connectivity index (χ1n) is 5.95. The number of hydrogen-bond donors (Lipinski definition) is 2. The van der Waals surface area contributed by atoms with Gasteiger partial charge in [-0.25, -0.2) is 23.2 Å². The van der Waals surface area contributed by atoms with Crippen LogP contribution in [0.5, 0.6) is 0 Å². The van der Waals surface area contributed by atoms with Gasteiger partial charge in [0.15, 0.2) is 11.5 Å². The van der Waals surface area contributed by atoms with Crippen molar-refractivity contribution in [3.8, 4) is 0 Å². The molecule has 1 heterocycles. The second-order valence-corrected chi connectivity index (χ2v) is 6.08. The number of carbonyl (C=O) groups is 1. The van der Waals surface area contributed by atoms with Crippen LogP contribution in [0, 0.1) is 13.8 Å². The number of aromatic carboxylic acids is 1. The van der Waals surface area contributed by atoms with Crippen molar-refractivity contribution in [1.82, 2.24) is 9.97 Å². The molecule has 0 spiro atoms. The molecule has 2 N–H and O–H groups in total. The molecule has 0 aliphatic carbocycles. The maximum Gasteiger partial charge on any atom is 0.358 e. The summed E-state index contributed by atoms with van der Waals surface area (Å²) >= 11 is 0. The largest absolute Gasteiger partial charge is 0.476 e. The van der Waals surface area contributed by atoms with E-state index in [1.54, 1.807) is 26.0 Å². The van der Waals surface area contributed by atoms with E-state index in [9.17, 15) is 13.2 Å². The molecule has 0 saturated heterocycles. The molecule has 0 aliphatic rings. The number of aromatic nitrogens is 2. The second-order valence-electron chi connectivity index (χ2n) is 4.43. The van der Waals surface area contributed by atoms with E-state index in [0.717, 1.165) is 5.56 Å². The number of benzene rings is 1. The number of aryl methyl sites for hydroxylation is 2. The van der Waals surface area contributed by atoms with E-state index in [4.69, 9.17) is 5.11 Å². The minimum absolute atomic E-state index is 0.0736. The first kappa shape index (κ1) is 14.9. The number of carboxylic acids is 1. The number of rotatable bonds is 4. The summed E-state index contributed by atoms with van der Waals surface area (Å²) in [6, 6.07) is 4.98. The SMILES string of the molecule is Cc1ccc(C)c(S(=O)(=O)Nc2nccnc2C(=O)O)c1. The summed E-state index contributed by atoms with van der Waals surface area (Å²) in [5.41, 5.74) is 0.874. The average Bonchev–Trinajstić information content (AvgIpc) is 2.41. The second kappa shape index (κ2) is 5.49. The molecule has 2 rings (SSSR count). The predicted octanol–water partition coefficient (Wildman–Crippen LogP) is 1.59. The van der Waals surface area contributed by atoms with Crippen LogP contribution in [0.1, 0.15) is 21.6 Å². The zero-order chi connectivity index (χ0) is 15.6. The van der Waals surface area contributed by atoms with Gasteiger partial charge in [0, 0.05) is 12.4 Å². The third-order valence-corrected chi connectivity index (χ3v) is 4.25. The summed E-state index contributed by atoms with van der Waals surface area (Å²) < 4.78 is 26.9. The van der Waals surface area contributed by atoms with Gasteiger partial charge in [-0.15, -0.1) is 0 Å². The summed E-state index contributed by atoms with van der Waals surface area (Å²) in [5, 5.41) is 8.99. The highest BCUT2D eigenvalue weighted by molar-refractivity contribution is 7.92. The van der Waals surface area contributed by atoms with Crippen molar-refractivity contribution in [1.29, 1.82) is 0 Å². The minimum Gasteiger partial charge on any atom is -0.476 e. The van der Waals surface area contributed by atoms with Gasteiger partial charge in [0.2, 0.25) is 0 Å². The molecule has 1 aromatic carbocycles. The maximum atomic E-state index is 12.4. The van der Waals surface area contributed by atoms with Crippen molar-refractivity contribution in [3.05, 3.63) is 47.4 Å². The fourth-order valence-electron chi connectivity index (χ4n) is 1.75. The van der Waals surface area contributed by atoms with Crippen LogP contribution >= 0.6 is 0 Å².